The molecule has 2 rings (SSSR count). The molecule has 0 bridgehead atoms. The van der Waals surface area contributed by atoms with Gasteiger partial charge in [-0.05, 0) is 56.9 Å². The van der Waals surface area contributed by atoms with Crippen molar-refractivity contribution in [2.24, 2.45) is 0 Å². The van der Waals surface area contributed by atoms with Crippen LogP contribution in [0.5, 0.6) is 11.5 Å². The summed E-state index contributed by atoms with van der Waals surface area (Å²) in [7, 11) is 0. The molecule has 0 unspecified atom stereocenters. The van der Waals surface area contributed by atoms with E-state index in [1.165, 1.54) is 0 Å². The number of nitrogens with two attached hydrogens (primary N) is 2. The minimum Gasteiger partial charge on any atom is -0.493 e. The average Bonchev–Trinajstić information content (AvgIpc) is 2.55. The summed E-state index contributed by atoms with van der Waals surface area (Å²) in [5.74, 6) is 1.65. The highest BCUT2D eigenvalue weighted by atomic mass is 16.5. The molecular weight excluding hydrogens is 288 g/mol. The Kier molecular flexibility index (Phi) is 6.60. The fourth-order valence-corrected chi connectivity index (χ4v) is 2.32. The third kappa shape index (κ3) is 5.40. The maximum absolute atomic E-state index is 5.86. The van der Waals surface area contributed by atoms with Gasteiger partial charge in [-0.1, -0.05) is 18.2 Å². The zero-order chi connectivity index (χ0) is 16.5. The van der Waals surface area contributed by atoms with E-state index in [9.17, 15) is 0 Å². The third-order valence-electron chi connectivity index (χ3n) is 3.80. The molecule has 0 aliphatic carbocycles. The van der Waals surface area contributed by atoms with Crippen molar-refractivity contribution in [2.45, 2.75) is 32.6 Å². The second-order valence-electron chi connectivity index (χ2n) is 5.62. The highest BCUT2D eigenvalue weighted by Gasteiger charge is 2.02. The number of anilines is 2. The lowest BCUT2D eigenvalue weighted by Crippen LogP contribution is -2.02. The van der Waals surface area contributed by atoms with Crippen LogP contribution in [0.15, 0.2) is 42.5 Å². The number of rotatable bonds is 9. The summed E-state index contributed by atoms with van der Waals surface area (Å²) in [5, 5.41) is 0. The predicted octanol–water partition coefficient (Wildman–Crippen LogP) is 4.18. The molecule has 0 saturated heterocycles. The van der Waals surface area contributed by atoms with Gasteiger partial charge in [-0.25, -0.2) is 0 Å². The standard InChI is InChI=1S/C19H26N2O2/c1-15-16(20)10-8-12-18(15)22-13-6-2-3-7-14-23-19-11-5-4-9-17(19)21/h4-5,8-12H,2-3,6-7,13-14,20-21H2,1H3. The molecule has 4 N–H and O–H groups in total. The summed E-state index contributed by atoms with van der Waals surface area (Å²) < 4.78 is 11.5. The summed E-state index contributed by atoms with van der Waals surface area (Å²) in [5.41, 5.74) is 14.2. The normalized spacial score (nSPS) is 10.5. The molecule has 23 heavy (non-hydrogen) atoms. The first-order valence-corrected chi connectivity index (χ1v) is 8.13. The monoisotopic (exact) mass is 314 g/mol. The van der Waals surface area contributed by atoms with Gasteiger partial charge in [-0.15, -0.1) is 0 Å². The van der Waals surface area contributed by atoms with Crippen LogP contribution in [0.1, 0.15) is 31.2 Å². The lowest BCUT2D eigenvalue weighted by molar-refractivity contribution is 0.287. The first-order valence-electron chi connectivity index (χ1n) is 8.13. The van der Waals surface area contributed by atoms with Crippen LogP contribution in [0.4, 0.5) is 11.4 Å². The molecule has 0 fully saturated rings. The number of hydrogen-bond donors (Lipinski definition) is 2. The molecule has 2 aromatic rings. The van der Waals surface area contributed by atoms with Crippen molar-refractivity contribution in [1.82, 2.24) is 0 Å². The summed E-state index contributed by atoms with van der Waals surface area (Å²) in [6.07, 6.45) is 4.29. The van der Waals surface area contributed by atoms with Crippen LogP contribution in [0.3, 0.4) is 0 Å². The van der Waals surface area contributed by atoms with Gasteiger partial charge in [-0.2, -0.15) is 0 Å². The number of hydrogen-bond acceptors (Lipinski definition) is 4. The Morgan fingerprint density at radius 2 is 1.26 bits per heavy atom. The lowest BCUT2D eigenvalue weighted by atomic mass is 10.2. The Morgan fingerprint density at radius 3 is 1.96 bits per heavy atom. The number of ether oxygens (including phenoxy) is 2. The molecular formula is C19H26N2O2. The summed E-state index contributed by atoms with van der Waals surface area (Å²) in [6.45, 7) is 3.40. The van der Waals surface area contributed by atoms with Crippen molar-refractivity contribution < 1.29 is 9.47 Å². The smallest absolute Gasteiger partial charge is 0.142 e. The molecule has 4 heteroatoms. The molecule has 4 nitrogen and oxygen atoms in total. The molecule has 0 aliphatic rings. The van der Waals surface area contributed by atoms with Crippen molar-refractivity contribution >= 4 is 11.4 Å². The fraction of sp³-hybridized carbons (Fsp3) is 0.368. The molecule has 124 valence electrons. The Bertz CT molecular complexity index is 614. The first-order chi connectivity index (χ1) is 11.2. The van der Waals surface area contributed by atoms with E-state index in [4.69, 9.17) is 20.9 Å². The lowest BCUT2D eigenvalue weighted by Gasteiger charge is -2.11. The second-order valence-corrected chi connectivity index (χ2v) is 5.62. The van der Waals surface area contributed by atoms with Crippen molar-refractivity contribution in [3.63, 3.8) is 0 Å². The quantitative estimate of drug-likeness (QED) is 0.538. The van der Waals surface area contributed by atoms with Gasteiger partial charge in [0.05, 0.1) is 18.9 Å². The van der Waals surface area contributed by atoms with E-state index in [0.717, 1.165) is 55.0 Å². The predicted molar refractivity (Wildman–Crippen MR) is 95.9 cm³/mol. The van der Waals surface area contributed by atoms with Gasteiger partial charge in [-0.3, -0.25) is 0 Å². The van der Waals surface area contributed by atoms with E-state index in [-0.39, 0.29) is 0 Å². The van der Waals surface area contributed by atoms with Crippen molar-refractivity contribution in [3.8, 4) is 11.5 Å². The number of unbranched alkanes of at least 4 members (excludes halogenated alkanes) is 3. The molecule has 0 heterocycles. The van der Waals surface area contributed by atoms with Gasteiger partial charge in [0.1, 0.15) is 11.5 Å². The van der Waals surface area contributed by atoms with E-state index in [1.54, 1.807) is 0 Å². The van der Waals surface area contributed by atoms with Crippen molar-refractivity contribution in [1.29, 1.82) is 0 Å². The van der Waals surface area contributed by atoms with Gasteiger partial charge in [0.2, 0.25) is 0 Å². The minimum absolute atomic E-state index is 0.693. The maximum Gasteiger partial charge on any atom is 0.142 e. The molecule has 2 aromatic carbocycles. The van der Waals surface area contributed by atoms with Crippen LogP contribution in [-0.4, -0.2) is 13.2 Å². The molecule has 0 saturated carbocycles. The van der Waals surface area contributed by atoms with Gasteiger partial charge in [0.25, 0.3) is 0 Å². The molecule has 0 aromatic heterocycles. The molecule has 0 radical (unpaired) electrons. The average molecular weight is 314 g/mol. The van der Waals surface area contributed by atoms with Gasteiger partial charge >= 0.3 is 0 Å². The SMILES string of the molecule is Cc1c(N)cccc1OCCCCCCOc1ccccc1N. The molecule has 0 spiro atoms. The zero-order valence-electron chi connectivity index (χ0n) is 13.8. The zero-order valence-corrected chi connectivity index (χ0v) is 13.8. The Morgan fingerprint density at radius 1 is 0.696 bits per heavy atom. The molecule has 0 amide bonds. The van der Waals surface area contributed by atoms with Crippen LogP contribution in [0.2, 0.25) is 0 Å². The maximum atomic E-state index is 5.86. The van der Waals surface area contributed by atoms with E-state index < -0.39 is 0 Å². The fourth-order valence-electron chi connectivity index (χ4n) is 2.32. The van der Waals surface area contributed by atoms with Crippen molar-refractivity contribution in [2.75, 3.05) is 24.7 Å². The van der Waals surface area contributed by atoms with Crippen LogP contribution < -0.4 is 20.9 Å². The number of benzene rings is 2. The van der Waals surface area contributed by atoms with Gasteiger partial charge in [0, 0.05) is 11.3 Å². The van der Waals surface area contributed by atoms with Gasteiger partial charge < -0.3 is 20.9 Å². The number of para-hydroxylation sites is 2. The minimum atomic E-state index is 0.693. The third-order valence-corrected chi connectivity index (χ3v) is 3.80. The summed E-state index contributed by atoms with van der Waals surface area (Å²) >= 11 is 0. The van der Waals surface area contributed by atoms with Crippen LogP contribution >= 0.6 is 0 Å². The summed E-state index contributed by atoms with van der Waals surface area (Å²) in [6, 6.07) is 13.4. The van der Waals surface area contributed by atoms with Crippen LogP contribution in [-0.2, 0) is 0 Å². The Balaban J connectivity index is 1.54. The van der Waals surface area contributed by atoms with E-state index >= 15 is 0 Å². The highest BCUT2D eigenvalue weighted by molar-refractivity contribution is 5.53. The Labute approximate surface area is 138 Å². The van der Waals surface area contributed by atoms with E-state index in [0.29, 0.717) is 12.3 Å². The second kappa shape index (κ2) is 8.93. The van der Waals surface area contributed by atoms with E-state index in [1.807, 2.05) is 49.4 Å². The van der Waals surface area contributed by atoms with Crippen LogP contribution in [0.25, 0.3) is 0 Å². The largest absolute Gasteiger partial charge is 0.493 e. The van der Waals surface area contributed by atoms with E-state index in [2.05, 4.69) is 0 Å². The molecule has 0 aliphatic heterocycles. The highest BCUT2D eigenvalue weighted by Crippen LogP contribution is 2.23. The Hall–Kier alpha value is -2.36. The molecule has 0 atom stereocenters. The van der Waals surface area contributed by atoms with Gasteiger partial charge in [0.15, 0.2) is 0 Å². The van der Waals surface area contributed by atoms with Crippen molar-refractivity contribution in [3.05, 3.63) is 48.0 Å². The topological polar surface area (TPSA) is 70.5 Å². The number of nitrogen functional groups attached to an aromatic ring is 2. The van der Waals surface area contributed by atoms with Crippen LogP contribution in [0, 0.1) is 6.92 Å². The first kappa shape index (κ1) is 17.0. The summed E-state index contributed by atoms with van der Waals surface area (Å²) in [4.78, 5) is 0.